The highest BCUT2D eigenvalue weighted by Crippen LogP contribution is 2.46. The van der Waals surface area contributed by atoms with Gasteiger partial charge in [-0.3, -0.25) is 19.5 Å². The van der Waals surface area contributed by atoms with Gasteiger partial charge < -0.3 is 19.3 Å². The predicted molar refractivity (Wildman–Crippen MR) is 153 cm³/mol. The summed E-state index contributed by atoms with van der Waals surface area (Å²) in [7, 11) is 1.53. The molecule has 2 aromatic carbocycles. The van der Waals surface area contributed by atoms with Crippen LogP contribution in [-0.4, -0.2) is 47.1 Å². The average Bonchev–Trinajstić information content (AvgIpc) is 3.51. The molecule has 9 nitrogen and oxygen atoms in total. The van der Waals surface area contributed by atoms with Crippen molar-refractivity contribution in [3.63, 3.8) is 0 Å². The molecule has 0 aliphatic carbocycles. The number of aliphatic hydroxyl groups excluding tert-OH is 1. The van der Waals surface area contributed by atoms with Gasteiger partial charge in [-0.2, -0.15) is 0 Å². The minimum atomic E-state index is -0.960. The van der Waals surface area contributed by atoms with Crippen molar-refractivity contribution >= 4 is 44.1 Å². The number of amides is 1. The smallest absolute Gasteiger partial charge is 0.301 e. The molecule has 1 unspecified atom stereocenters. The Labute approximate surface area is 235 Å². The number of unbranched alkanes of at least 4 members (excludes halogenated alkanes) is 1. The normalized spacial score (nSPS) is 16.5. The second kappa shape index (κ2) is 11.7. The molecular weight excluding hydrogens is 530 g/mol. The summed E-state index contributed by atoms with van der Waals surface area (Å²) >= 11 is 1.27. The summed E-state index contributed by atoms with van der Waals surface area (Å²) in [6.45, 7) is 5.02. The van der Waals surface area contributed by atoms with Crippen molar-refractivity contribution in [2.75, 3.05) is 25.2 Å². The fourth-order valence-corrected chi connectivity index (χ4v) is 5.58. The van der Waals surface area contributed by atoms with Gasteiger partial charge in [0.25, 0.3) is 5.78 Å². The van der Waals surface area contributed by atoms with Gasteiger partial charge in [0.2, 0.25) is 0 Å². The summed E-state index contributed by atoms with van der Waals surface area (Å²) in [4.78, 5) is 37.1. The molecule has 1 atom stereocenters. The topological polar surface area (TPSA) is 111 Å². The molecule has 5 rings (SSSR count). The van der Waals surface area contributed by atoms with Crippen LogP contribution in [-0.2, 0) is 9.59 Å². The van der Waals surface area contributed by atoms with Crippen LogP contribution in [0.1, 0.15) is 43.9 Å². The third-order valence-corrected chi connectivity index (χ3v) is 7.54. The maximum Gasteiger partial charge on any atom is 0.301 e. The van der Waals surface area contributed by atoms with Gasteiger partial charge in [-0.25, -0.2) is 4.98 Å². The Morgan fingerprint density at radius 1 is 1.02 bits per heavy atom. The number of fused-ring (bicyclic) bond motifs is 1. The third-order valence-electron chi connectivity index (χ3n) is 6.52. The lowest BCUT2D eigenvalue weighted by atomic mass is 9.95. The van der Waals surface area contributed by atoms with E-state index in [1.165, 1.54) is 35.7 Å². The van der Waals surface area contributed by atoms with Gasteiger partial charge in [-0.15, -0.1) is 0 Å². The molecule has 1 saturated heterocycles. The first-order chi connectivity index (χ1) is 19.5. The first-order valence-corrected chi connectivity index (χ1v) is 13.8. The summed E-state index contributed by atoms with van der Waals surface area (Å²) in [5.74, 6) is -0.203. The van der Waals surface area contributed by atoms with E-state index >= 15 is 0 Å². The van der Waals surface area contributed by atoms with Crippen molar-refractivity contribution in [1.82, 2.24) is 9.97 Å². The van der Waals surface area contributed by atoms with Crippen molar-refractivity contribution in [2.45, 2.75) is 32.7 Å². The first-order valence-electron chi connectivity index (χ1n) is 13.0. The zero-order valence-corrected chi connectivity index (χ0v) is 23.2. The van der Waals surface area contributed by atoms with Crippen molar-refractivity contribution in [3.8, 4) is 17.2 Å². The van der Waals surface area contributed by atoms with Gasteiger partial charge in [-0.1, -0.05) is 30.7 Å². The molecule has 1 fully saturated rings. The molecule has 4 aromatic rings. The Bertz CT molecular complexity index is 1580. The molecule has 0 bridgehead atoms. The molecule has 1 aliphatic heterocycles. The van der Waals surface area contributed by atoms with Crippen molar-refractivity contribution in [2.24, 2.45) is 0 Å². The molecule has 0 radical (unpaired) electrons. The number of hydrogen-bond donors (Lipinski definition) is 1. The fourth-order valence-electron chi connectivity index (χ4n) is 4.56. The summed E-state index contributed by atoms with van der Waals surface area (Å²) in [5, 5.41) is 11.7. The summed E-state index contributed by atoms with van der Waals surface area (Å²) in [6.07, 6.45) is 4.89. The van der Waals surface area contributed by atoms with Crippen LogP contribution < -0.4 is 19.1 Å². The monoisotopic (exact) mass is 559 g/mol. The molecule has 2 aromatic heterocycles. The van der Waals surface area contributed by atoms with Gasteiger partial charge in [0.15, 0.2) is 16.6 Å². The Morgan fingerprint density at radius 3 is 2.55 bits per heavy atom. The van der Waals surface area contributed by atoms with E-state index in [2.05, 4.69) is 16.9 Å². The highest BCUT2D eigenvalue weighted by atomic mass is 32.1. The Morgan fingerprint density at radius 2 is 1.82 bits per heavy atom. The zero-order chi connectivity index (χ0) is 28.2. The number of methoxy groups -OCH3 is 1. The molecule has 3 heterocycles. The van der Waals surface area contributed by atoms with Crippen LogP contribution in [0.25, 0.3) is 16.0 Å². The van der Waals surface area contributed by atoms with E-state index in [9.17, 15) is 14.7 Å². The number of rotatable bonds is 10. The minimum absolute atomic E-state index is 0.0489. The van der Waals surface area contributed by atoms with Crippen LogP contribution in [0.2, 0.25) is 0 Å². The molecule has 10 heteroatoms. The Hall–Kier alpha value is -4.44. The standard InChI is InChI=1S/C30H29N3O6S/c1-4-6-15-39-22-10-7-19(16-23(22)37-3)26-25(27(34)18-11-13-31-14-12-18)28(35)29(36)33(26)30-32-21-9-8-20(38-5-2)17-24(21)40-30/h7-14,16-17,26,34H,4-6,15H2,1-3H3. The van der Waals surface area contributed by atoms with Crippen LogP contribution >= 0.6 is 11.3 Å². The SMILES string of the molecule is CCCCOc1ccc(C2C(=C(O)c3ccncc3)C(=O)C(=O)N2c2nc3ccc(OCC)cc3s2)cc1OC. The lowest BCUT2D eigenvalue weighted by molar-refractivity contribution is -0.132. The average molecular weight is 560 g/mol. The molecule has 206 valence electrons. The lowest BCUT2D eigenvalue weighted by Gasteiger charge is -2.24. The molecule has 1 amide bonds. The number of benzene rings is 2. The van der Waals surface area contributed by atoms with E-state index in [0.717, 1.165) is 17.5 Å². The Balaban J connectivity index is 1.66. The number of carbonyl (C=O) groups is 2. The highest BCUT2D eigenvalue weighted by Gasteiger charge is 2.48. The third kappa shape index (κ3) is 5.10. The number of carbonyl (C=O) groups excluding carboxylic acids is 2. The number of hydrogen-bond acceptors (Lipinski definition) is 9. The number of pyridine rings is 1. The predicted octanol–water partition coefficient (Wildman–Crippen LogP) is 5.90. The number of nitrogens with zero attached hydrogens (tertiary/aromatic N) is 3. The van der Waals surface area contributed by atoms with Crippen molar-refractivity contribution < 1.29 is 28.9 Å². The number of aromatic nitrogens is 2. The van der Waals surface area contributed by atoms with Crippen molar-refractivity contribution in [1.29, 1.82) is 0 Å². The number of Topliss-reactive ketones (excluding diaryl/α,β-unsaturated/α-hetero) is 1. The summed E-state index contributed by atoms with van der Waals surface area (Å²) < 4.78 is 17.9. The second-order valence-electron chi connectivity index (χ2n) is 9.08. The van der Waals surface area contributed by atoms with Crippen LogP contribution in [0.15, 0.2) is 66.5 Å². The highest BCUT2D eigenvalue weighted by molar-refractivity contribution is 7.22. The quantitative estimate of drug-likeness (QED) is 0.111. The van der Waals surface area contributed by atoms with E-state index in [-0.39, 0.29) is 11.3 Å². The number of anilines is 1. The van der Waals surface area contributed by atoms with E-state index in [4.69, 9.17) is 14.2 Å². The molecular formula is C30H29N3O6S. The maximum absolute atomic E-state index is 13.6. The second-order valence-corrected chi connectivity index (χ2v) is 10.1. The van der Waals surface area contributed by atoms with Gasteiger partial charge in [0, 0.05) is 18.0 Å². The fraction of sp³-hybridized carbons (Fsp3) is 0.267. The zero-order valence-electron chi connectivity index (χ0n) is 22.4. The molecule has 40 heavy (non-hydrogen) atoms. The van der Waals surface area contributed by atoms with E-state index in [0.29, 0.717) is 52.2 Å². The maximum atomic E-state index is 13.6. The van der Waals surface area contributed by atoms with Crippen LogP contribution in [0, 0.1) is 0 Å². The van der Waals surface area contributed by atoms with E-state index in [1.54, 1.807) is 30.3 Å². The summed E-state index contributed by atoms with van der Waals surface area (Å²) in [5.41, 5.74) is 1.54. The van der Waals surface area contributed by atoms with Crippen molar-refractivity contribution in [3.05, 3.63) is 77.6 Å². The molecule has 1 N–H and O–H groups in total. The largest absolute Gasteiger partial charge is 0.507 e. The summed E-state index contributed by atoms with van der Waals surface area (Å²) in [6, 6.07) is 12.9. The lowest BCUT2D eigenvalue weighted by Crippen LogP contribution is -2.29. The molecule has 1 aliphatic rings. The first kappa shape index (κ1) is 27.1. The van der Waals surface area contributed by atoms with Crippen LogP contribution in [0.3, 0.4) is 0 Å². The van der Waals surface area contributed by atoms with Gasteiger partial charge >= 0.3 is 5.91 Å². The van der Waals surface area contributed by atoms with Gasteiger partial charge in [-0.05, 0) is 61.4 Å². The number of ketones is 1. The van der Waals surface area contributed by atoms with E-state index < -0.39 is 17.7 Å². The number of thiazole rings is 1. The van der Waals surface area contributed by atoms with Crippen LogP contribution in [0.4, 0.5) is 5.13 Å². The minimum Gasteiger partial charge on any atom is -0.507 e. The van der Waals surface area contributed by atoms with E-state index in [1.807, 2.05) is 25.1 Å². The molecule has 0 saturated carbocycles. The van der Waals surface area contributed by atoms with Crippen LogP contribution in [0.5, 0.6) is 17.2 Å². The Kier molecular flexibility index (Phi) is 7.97. The number of ether oxygens (including phenoxy) is 3. The number of aliphatic hydroxyl groups is 1. The van der Waals surface area contributed by atoms with Gasteiger partial charge in [0.1, 0.15) is 11.5 Å². The molecule has 0 spiro atoms. The van der Waals surface area contributed by atoms with Gasteiger partial charge in [0.05, 0.1) is 42.2 Å².